The first-order chi connectivity index (χ1) is 6.26. The van der Waals surface area contributed by atoms with Gasteiger partial charge in [0.1, 0.15) is 0 Å². The number of nitrogens with zero attached hydrogens (tertiary/aromatic N) is 1. The van der Waals surface area contributed by atoms with Crippen LogP contribution in [-0.4, -0.2) is 36.5 Å². The van der Waals surface area contributed by atoms with Crippen molar-refractivity contribution in [2.45, 2.75) is 37.7 Å². The van der Waals surface area contributed by atoms with Crippen LogP contribution in [0.3, 0.4) is 0 Å². The molecule has 1 saturated heterocycles. The molecule has 0 radical (unpaired) electrons. The number of nitrogens with one attached hydrogen (secondary N) is 1. The van der Waals surface area contributed by atoms with Crippen LogP contribution in [0.25, 0.3) is 0 Å². The van der Waals surface area contributed by atoms with Crippen LogP contribution in [0, 0.1) is 5.41 Å². The van der Waals surface area contributed by atoms with Crippen molar-refractivity contribution < 1.29 is 4.74 Å². The zero-order valence-electron chi connectivity index (χ0n) is 8.31. The SMILES string of the molecule is COC1(CN2CCCC2=N)CCC1. The molecule has 3 nitrogen and oxygen atoms in total. The number of rotatable bonds is 3. The van der Waals surface area contributed by atoms with Gasteiger partial charge < -0.3 is 9.64 Å². The Hall–Kier alpha value is -0.570. The van der Waals surface area contributed by atoms with Crippen molar-refractivity contribution in [1.29, 1.82) is 5.41 Å². The second-order valence-corrected chi connectivity index (χ2v) is 4.21. The highest BCUT2D eigenvalue weighted by molar-refractivity contribution is 5.81. The van der Waals surface area contributed by atoms with Crippen LogP contribution >= 0.6 is 0 Å². The van der Waals surface area contributed by atoms with Gasteiger partial charge in [0, 0.05) is 26.6 Å². The molecule has 2 fully saturated rings. The molecule has 74 valence electrons. The molecule has 2 aliphatic rings. The first kappa shape index (κ1) is 9.00. The minimum Gasteiger partial charge on any atom is -0.376 e. The van der Waals surface area contributed by atoms with Gasteiger partial charge in [-0.1, -0.05) is 0 Å². The van der Waals surface area contributed by atoms with E-state index in [4.69, 9.17) is 10.1 Å². The van der Waals surface area contributed by atoms with Crippen molar-refractivity contribution >= 4 is 5.84 Å². The summed E-state index contributed by atoms with van der Waals surface area (Å²) in [4.78, 5) is 2.18. The fourth-order valence-corrected chi connectivity index (χ4v) is 2.25. The molecule has 3 heteroatoms. The molecule has 1 N–H and O–H groups in total. The van der Waals surface area contributed by atoms with Gasteiger partial charge >= 0.3 is 0 Å². The van der Waals surface area contributed by atoms with Gasteiger partial charge in [-0.05, 0) is 25.7 Å². The maximum Gasteiger partial charge on any atom is 0.0959 e. The molecule has 0 aromatic heterocycles. The standard InChI is InChI=1S/C10H18N2O/c1-13-10(5-3-6-10)8-12-7-2-4-9(12)11/h11H,2-8H2,1H3. The fraction of sp³-hybridized carbons (Fsp3) is 0.900. The quantitative estimate of drug-likeness (QED) is 0.720. The highest BCUT2D eigenvalue weighted by Gasteiger charge is 2.39. The van der Waals surface area contributed by atoms with Gasteiger partial charge in [-0.2, -0.15) is 0 Å². The molecular formula is C10H18N2O. The van der Waals surface area contributed by atoms with Crippen molar-refractivity contribution in [2.24, 2.45) is 0 Å². The number of likely N-dealkylation sites (tertiary alicyclic amines) is 1. The zero-order valence-corrected chi connectivity index (χ0v) is 8.31. The largest absolute Gasteiger partial charge is 0.376 e. The number of hydrogen-bond donors (Lipinski definition) is 1. The minimum absolute atomic E-state index is 0.0939. The molecular weight excluding hydrogens is 164 g/mol. The second-order valence-electron chi connectivity index (χ2n) is 4.21. The Balaban J connectivity index is 1.92. The van der Waals surface area contributed by atoms with Crippen LogP contribution in [0.15, 0.2) is 0 Å². The van der Waals surface area contributed by atoms with Crippen LogP contribution in [0.1, 0.15) is 32.1 Å². The molecule has 13 heavy (non-hydrogen) atoms. The Labute approximate surface area is 79.6 Å². The normalized spacial score (nSPS) is 26.2. The van der Waals surface area contributed by atoms with E-state index in [9.17, 15) is 0 Å². The topological polar surface area (TPSA) is 36.3 Å². The van der Waals surface area contributed by atoms with Gasteiger partial charge in [-0.3, -0.25) is 5.41 Å². The Kier molecular flexibility index (Phi) is 2.28. The van der Waals surface area contributed by atoms with Gasteiger partial charge in [0.2, 0.25) is 0 Å². The third-order valence-corrected chi connectivity index (χ3v) is 3.40. The molecule has 0 aromatic rings. The molecule has 0 spiro atoms. The van der Waals surface area contributed by atoms with E-state index in [1.807, 2.05) is 0 Å². The third-order valence-electron chi connectivity index (χ3n) is 3.40. The average molecular weight is 182 g/mol. The number of hydrogen-bond acceptors (Lipinski definition) is 2. The lowest BCUT2D eigenvalue weighted by Gasteiger charge is -2.43. The Morgan fingerprint density at radius 1 is 1.46 bits per heavy atom. The summed E-state index contributed by atoms with van der Waals surface area (Å²) in [5, 5.41) is 7.73. The van der Waals surface area contributed by atoms with Crippen LogP contribution in [0.2, 0.25) is 0 Å². The highest BCUT2D eigenvalue weighted by Crippen LogP contribution is 2.36. The predicted molar refractivity (Wildman–Crippen MR) is 52.1 cm³/mol. The summed E-state index contributed by atoms with van der Waals surface area (Å²) in [7, 11) is 1.80. The lowest BCUT2D eigenvalue weighted by Crippen LogP contribution is -2.49. The van der Waals surface area contributed by atoms with Gasteiger partial charge in [0.15, 0.2) is 0 Å². The lowest BCUT2D eigenvalue weighted by molar-refractivity contribution is -0.0815. The van der Waals surface area contributed by atoms with E-state index in [2.05, 4.69) is 4.90 Å². The summed E-state index contributed by atoms with van der Waals surface area (Å²) in [5.74, 6) is 0.809. The van der Waals surface area contributed by atoms with Crippen LogP contribution < -0.4 is 0 Å². The van der Waals surface area contributed by atoms with E-state index < -0.39 is 0 Å². The smallest absolute Gasteiger partial charge is 0.0959 e. The summed E-state index contributed by atoms with van der Waals surface area (Å²) < 4.78 is 5.55. The van der Waals surface area contributed by atoms with Crippen LogP contribution in [-0.2, 0) is 4.74 Å². The van der Waals surface area contributed by atoms with Crippen molar-refractivity contribution in [3.8, 4) is 0 Å². The fourth-order valence-electron chi connectivity index (χ4n) is 2.25. The minimum atomic E-state index is 0.0939. The molecule has 1 aliphatic carbocycles. The Morgan fingerprint density at radius 3 is 2.62 bits per heavy atom. The van der Waals surface area contributed by atoms with E-state index in [-0.39, 0.29) is 5.60 Å². The van der Waals surface area contributed by atoms with Crippen molar-refractivity contribution in [3.63, 3.8) is 0 Å². The van der Waals surface area contributed by atoms with Gasteiger partial charge in [0.25, 0.3) is 0 Å². The first-order valence-electron chi connectivity index (χ1n) is 5.13. The molecule has 2 rings (SSSR count). The van der Waals surface area contributed by atoms with Gasteiger partial charge in [-0.15, -0.1) is 0 Å². The molecule has 0 amide bonds. The summed E-state index contributed by atoms with van der Waals surface area (Å²) in [6, 6.07) is 0. The van der Waals surface area contributed by atoms with Gasteiger partial charge in [0.05, 0.1) is 11.4 Å². The number of methoxy groups -OCH3 is 1. The second kappa shape index (κ2) is 3.29. The molecule has 1 saturated carbocycles. The van der Waals surface area contributed by atoms with Crippen LogP contribution in [0.4, 0.5) is 0 Å². The maximum absolute atomic E-state index is 7.73. The molecule has 0 aromatic carbocycles. The monoisotopic (exact) mass is 182 g/mol. The van der Waals surface area contributed by atoms with Crippen molar-refractivity contribution in [1.82, 2.24) is 4.90 Å². The molecule has 1 heterocycles. The summed E-state index contributed by atoms with van der Waals surface area (Å²) >= 11 is 0. The van der Waals surface area contributed by atoms with Crippen molar-refractivity contribution in [3.05, 3.63) is 0 Å². The summed E-state index contributed by atoms with van der Waals surface area (Å²) in [6.07, 6.45) is 5.74. The summed E-state index contributed by atoms with van der Waals surface area (Å²) in [6.45, 7) is 2.01. The van der Waals surface area contributed by atoms with E-state index in [0.29, 0.717) is 0 Å². The van der Waals surface area contributed by atoms with E-state index in [0.717, 1.165) is 31.8 Å². The average Bonchev–Trinajstić information content (AvgIpc) is 2.44. The number of ether oxygens (including phenoxy) is 1. The van der Waals surface area contributed by atoms with Crippen LogP contribution in [0.5, 0.6) is 0 Å². The highest BCUT2D eigenvalue weighted by atomic mass is 16.5. The number of amidine groups is 1. The Bertz CT molecular complexity index is 205. The van der Waals surface area contributed by atoms with Gasteiger partial charge in [-0.25, -0.2) is 0 Å². The third kappa shape index (κ3) is 1.57. The molecule has 0 bridgehead atoms. The van der Waals surface area contributed by atoms with E-state index in [1.165, 1.54) is 19.3 Å². The van der Waals surface area contributed by atoms with Crippen molar-refractivity contribution in [2.75, 3.05) is 20.2 Å². The first-order valence-corrected chi connectivity index (χ1v) is 5.13. The predicted octanol–water partition coefficient (Wildman–Crippen LogP) is 1.63. The molecule has 0 atom stereocenters. The lowest BCUT2D eigenvalue weighted by atomic mass is 9.79. The maximum atomic E-state index is 7.73. The molecule has 1 aliphatic heterocycles. The Morgan fingerprint density at radius 2 is 2.23 bits per heavy atom. The molecule has 0 unspecified atom stereocenters. The van der Waals surface area contributed by atoms with E-state index >= 15 is 0 Å². The summed E-state index contributed by atoms with van der Waals surface area (Å²) in [5.41, 5.74) is 0.0939. The zero-order chi connectivity index (χ0) is 9.31. The van der Waals surface area contributed by atoms with E-state index in [1.54, 1.807) is 7.11 Å².